The second-order valence-corrected chi connectivity index (χ2v) is 9.25. The van der Waals surface area contributed by atoms with E-state index in [0.717, 1.165) is 16.2 Å². The van der Waals surface area contributed by atoms with E-state index in [9.17, 15) is 24.3 Å². The Morgan fingerprint density at radius 3 is 2.83 bits per heavy atom. The van der Waals surface area contributed by atoms with Crippen molar-refractivity contribution >= 4 is 57.7 Å². The number of oxime groups is 1. The Hall–Kier alpha value is -3.92. The lowest BCUT2D eigenvalue weighted by Gasteiger charge is -2.49. The van der Waals surface area contributed by atoms with Crippen molar-refractivity contribution in [1.29, 1.82) is 0 Å². The number of aromatic amines is 1. The number of esters is 1. The smallest absolute Gasteiger partial charge is 0.352 e. The number of nitrogens with two attached hydrogens (primary N) is 1. The van der Waals surface area contributed by atoms with Gasteiger partial charge in [-0.05, 0) is 0 Å². The van der Waals surface area contributed by atoms with Crippen LogP contribution in [0.4, 0.5) is 5.13 Å². The van der Waals surface area contributed by atoms with Crippen LogP contribution in [0.2, 0.25) is 0 Å². The number of carboxylic acids is 1. The fourth-order valence-electron chi connectivity index (χ4n) is 3.32. The molecule has 0 spiro atoms. The van der Waals surface area contributed by atoms with Crippen LogP contribution in [0.1, 0.15) is 18.3 Å². The summed E-state index contributed by atoms with van der Waals surface area (Å²) in [6.45, 7) is 0.962. The minimum atomic E-state index is -1.33. The van der Waals surface area contributed by atoms with Gasteiger partial charge in [0.1, 0.15) is 29.4 Å². The molecule has 0 bridgehead atoms. The first-order valence-corrected chi connectivity index (χ1v) is 11.9. The molecule has 0 saturated carbocycles. The van der Waals surface area contributed by atoms with Gasteiger partial charge in [-0.1, -0.05) is 5.16 Å². The van der Waals surface area contributed by atoms with Gasteiger partial charge in [0.2, 0.25) is 0 Å². The highest BCUT2D eigenvalue weighted by Gasteiger charge is 2.54. The highest BCUT2D eigenvalue weighted by molar-refractivity contribution is 8.00. The number of imidazole rings is 1. The average Bonchev–Trinajstić information content (AvgIpc) is 3.49. The number of nitrogen functional groups attached to an aromatic ring is 1. The molecule has 184 valence electrons. The Morgan fingerprint density at radius 2 is 2.20 bits per heavy atom. The molecule has 14 nitrogen and oxygen atoms in total. The number of thiazole rings is 1. The maximum atomic E-state index is 13.0. The van der Waals surface area contributed by atoms with Crippen LogP contribution in [0.25, 0.3) is 0 Å². The number of hydrogen-bond acceptors (Lipinski definition) is 12. The summed E-state index contributed by atoms with van der Waals surface area (Å²) < 4.78 is 4.91. The summed E-state index contributed by atoms with van der Waals surface area (Å²) in [6.07, 6.45) is 2.99. The van der Waals surface area contributed by atoms with Crippen molar-refractivity contribution in [3.63, 3.8) is 0 Å². The molecule has 2 aromatic heterocycles. The number of carbonyl (C=O) groups is 4. The third kappa shape index (κ3) is 5.12. The molecule has 0 aromatic carbocycles. The fraction of sp³-hybridized carbons (Fsp3) is 0.316. The molecule has 1 fully saturated rings. The van der Waals surface area contributed by atoms with E-state index >= 15 is 0 Å². The van der Waals surface area contributed by atoms with Crippen LogP contribution >= 0.6 is 23.1 Å². The van der Waals surface area contributed by atoms with E-state index in [4.69, 9.17) is 15.3 Å². The average molecular weight is 522 g/mol. The summed E-state index contributed by atoms with van der Waals surface area (Å²) in [5, 5.41) is 17.2. The summed E-state index contributed by atoms with van der Waals surface area (Å²) in [6, 6.07) is -1.01. The molecular weight excluding hydrogens is 502 g/mol. The number of rotatable bonds is 9. The number of fused-ring (bicyclic) bond motifs is 1. The van der Waals surface area contributed by atoms with Crippen molar-refractivity contribution in [2.75, 3.05) is 18.1 Å². The van der Waals surface area contributed by atoms with Crippen molar-refractivity contribution < 1.29 is 33.9 Å². The first-order chi connectivity index (χ1) is 16.8. The SMILES string of the molecule is CC(=O)OCC1=C(C(=O)O)N2C(=O)[C@@H](NC(=O)C(=NOCc3cnc[nH]3)c3csc(N)n3)[C@@H]2SC1. The van der Waals surface area contributed by atoms with Crippen LogP contribution in [-0.4, -0.2) is 78.2 Å². The lowest BCUT2D eigenvalue weighted by molar-refractivity contribution is -0.150. The van der Waals surface area contributed by atoms with Crippen molar-refractivity contribution in [2.45, 2.75) is 24.9 Å². The molecule has 16 heteroatoms. The van der Waals surface area contributed by atoms with Gasteiger partial charge >= 0.3 is 11.9 Å². The monoisotopic (exact) mass is 521 g/mol. The zero-order valence-corrected chi connectivity index (χ0v) is 19.7. The number of aromatic nitrogens is 3. The highest BCUT2D eigenvalue weighted by Crippen LogP contribution is 2.40. The van der Waals surface area contributed by atoms with Gasteiger partial charge in [0.25, 0.3) is 11.8 Å². The summed E-state index contributed by atoms with van der Waals surface area (Å²) in [5.74, 6) is -3.07. The molecule has 0 aliphatic carbocycles. The lowest BCUT2D eigenvalue weighted by Crippen LogP contribution is -2.71. The molecule has 4 heterocycles. The molecule has 0 radical (unpaired) electrons. The standard InChI is InChI=1S/C19H19N7O7S2/c1-8(27)32-3-9-5-34-17-13(16(29)26(17)14(9)18(30)31)24-15(28)12(11-6-35-19(20)23-11)25-33-4-10-2-21-7-22-10/h2,6-7,13,17H,3-5H2,1H3,(H2,20,23)(H,21,22)(H,24,28)(H,30,31)/t13-,17+/m1/s1. The van der Waals surface area contributed by atoms with Crippen molar-refractivity contribution in [1.82, 2.24) is 25.2 Å². The number of carboxylic acid groups (broad SMARTS) is 1. The Kier molecular flexibility index (Phi) is 7.02. The van der Waals surface area contributed by atoms with E-state index < -0.39 is 35.2 Å². The van der Waals surface area contributed by atoms with Crippen LogP contribution in [0.15, 0.2) is 34.3 Å². The number of ether oxygens (including phenoxy) is 1. The number of hydrogen-bond donors (Lipinski definition) is 4. The Morgan fingerprint density at radius 1 is 1.40 bits per heavy atom. The maximum Gasteiger partial charge on any atom is 0.352 e. The Labute approximate surface area is 205 Å². The molecular formula is C19H19N7O7S2. The predicted octanol–water partition coefficient (Wildman–Crippen LogP) is -0.329. The lowest BCUT2D eigenvalue weighted by atomic mass is 10.0. The number of anilines is 1. The zero-order chi connectivity index (χ0) is 25.1. The first kappa shape index (κ1) is 24.2. The minimum absolute atomic E-state index is 0.00287. The fourth-order valence-corrected chi connectivity index (χ4v) is 5.20. The van der Waals surface area contributed by atoms with Crippen LogP contribution in [0.3, 0.4) is 0 Å². The second-order valence-electron chi connectivity index (χ2n) is 7.26. The third-order valence-electron chi connectivity index (χ3n) is 4.90. The number of H-pyrrole nitrogens is 1. The van der Waals surface area contributed by atoms with Crippen molar-refractivity contribution in [3.8, 4) is 0 Å². The highest BCUT2D eigenvalue weighted by atomic mass is 32.2. The number of nitrogens with one attached hydrogen (secondary N) is 2. The largest absolute Gasteiger partial charge is 0.477 e. The normalized spacial score (nSPS) is 19.6. The summed E-state index contributed by atoms with van der Waals surface area (Å²) in [4.78, 5) is 65.9. The molecule has 2 amide bonds. The summed E-state index contributed by atoms with van der Waals surface area (Å²) in [7, 11) is 0. The van der Waals surface area contributed by atoms with E-state index in [1.54, 1.807) is 0 Å². The van der Waals surface area contributed by atoms with Crippen LogP contribution in [0, 0.1) is 0 Å². The van der Waals surface area contributed by atoms with Crippen molar-refractivity contribution in [2.24, 2.45) is 5.16 Å². The topological polar surface area (TPSA) is 202 Å². The molecule has 0 unspecified atom stereocenters. The molecule has 4 rings (SSSR count). The minimum Gasteiger partial charge on any atom is -0.477 e. The van der Waals surface area contributed by atoms with Crippen LogP contribution in [0.5, 0.6) is 0 Å². The van der Waals surface area contributed by atoms with Crippen LogP contribution < -0.4 is 11.1 Å². The van der Waals surface area contributed by atoms with Gasteiger partial charge in [0.05, 0.1) is 18.2 Å². The van der Waals surface area contributed by atoms with Crippen LogP contribution in [-0.2, 0) is 35.4 Å². The van der Waals surface area contributed by atoms with E-state index in [1.165, 1.54) is 36.6 Å². The molecule has 5 N–H and O–H groups in total. The van der Waals surface area contributed by atoms with E-state index in [2.05, 4.69) is 25.4 Å². The number of thioether (sulfide) groups is 1. The predicted molar refractivity (Wildman–Crippen MR) is 123 cm³/mol. The number of β-lactam (4-membered cyclic amide) rings is 1. The molecule has 35 heavy (non-hydrogen) atoms. The van der Waals surface area contributed by atoms with E-state index in [0.29, 0.717) is 11.3 Å². The number of nitrogens with zero attached hydrogens (tertiary/aromatic N) is 4. The van der Waals surface area contributed by atoms with Gasteiger partial charge in [-0.25, -0.2) is 14.8 Å². The van der Waals surface area contributed by atoms with E-state index in [1.807, 2.05) is 0 Å². The molecule has 2 aliphatic rings. The molecule has 2 aromatic rings. The number of amides is 2. The maximum absolute atomic E-state index is 13.0. The van der Waals surface area contributed by atoms with Gasteiger partial charge < -0.3 is 30.7 Å². The molecule has 2 atom stereocenters. The summed E-state index contributed by atoms with van der Waals surface area (Å²) in [5.41, 5.74) is 6.29. The van der Waals surface area contributed by atoms with Gasteiger partial charge in [-0.3, -0.25) is 19.3 Å². The second kappa shape index (κ2) is 10.1. The van der Waals surface area contributed by atoms with Gasteiger partial charge in [-0.2, -0.15) is 0 Å². The first-order valence-electron chi connectivity index (χ1n) is 9.99. The van der Waals surface area contributed by atoms with E-state index in [-0.39, 0.29) is 41.2 Å². The number of aliphatic carboxylic acids is 1. The molecule has 2 aliphatic heterocycles. The summed E-state index contributed by atoms with van der Waals surface area (Å²) >= 11 is 2.33. The number of carbonyl (C=O) groups excluding carboxylic acids is 3. The van der Waals surface area contributed by atoms with Gasteiger partial charge in [0, 0.05) is 23.6 Å². The quantitative estimate of drug-likeness (QED) is 0.146. The van der Waals surface area contributed by atoms with Gasteiger partial charge in [0.15, 0.2) is 17.5 Å². The zero-order valence-electron chi connectivity index (χ0n) is 18.1. The Bertz CT molecular complexity index is 1220. The van der Waals surface area contributed by atoms with Crippen molar-refractivity contribution in [3.05, 3.63) is 40.6 Å². The van der Waals surface area contributed by atoms with Gasteiger partial charge in [-0.15, -0.1) is 23.1 Å². The Balaban J connectivity index is 1.49. The molecule has 1 saturated heterocycles. The third-order valence-corrected chi connectivity index (χ3v) is 6.91.